The summed E-state index contributed by atoms with van der Waals surface area (Å²) in [6, 6.07) is 0. The van der Waals surface area contributed by atoms with Gasteiger partial charge in [-0.3, -0.25) is 0 Å². The molecule has 0 aromatic heterocycles. The van der Waals surface area contributed by atoms with Gasteiger partial charge in [0.25, 0.3) is 0 Å². The molecule has 0 heteroatoms. The van der Waals surface area contributed by atoms with Crippen LogP contribution in [0.15, 0.2) is 46.6 Å². The lowest BCUT2D eigenvalue weighted by Crippen LogP contribution is -2.14. The van der Waals surface area contributed by atoms with Gasteiger partial charge in [0.1, 0.15) is 0 Å². The minimum Gasteiger partial charge on any atom is -0.0912 e. The third-order valence-electron chi connectivity index (χ3n) is 3.75. The van der Waals surface area contributed by atoms with Crippen molar-refractivity contribution in [2.24, 2.45) is 5.41 Å². The Labute approximate surface area is 100 Å². The van der Waals surface area contributed by atoms with Crippen molar-refractivity contribution in [3.05, 3.63) is 46.6 Å². The average molecular weight is 216 g/mol. The van der Waals surface area contributed by atoms with Gasteiger partial charge in [0.2, 0.25) is 0 Å². The van der Waals surface area contributed by atoms with Crippen LogP contribution in [0.4, 0.5) is 0 Å². The number of rotatable bonds is 2. The molecular weight excluding hydrogens is 192 g/mol. The van der Waals surface area contributed by atoms with E-state index in [0.717, 1.165) is 6.42 Å². The Morgan fingerprint density at radius 3 is 2.38 bits per heavy atom. The summed E-state index contributed by atoms with van der Waals surface area (Å²) in [7, 11) is 0. The molecule has 0 spiro atoms. The van der Waals surface area contributed by atoms with Crippen molar-refractivity contribution in [3.63, 3.8) is 0 Å². The third-order valence-corrected chi connectivity index (χ3v) is 3.75. The van der Waals surface area contributed by atoms with Crippen LogP contribution in [0.2, 0.25) is 0 Å². The van der Waals surface area contributed by atoms with Gasteiger partial charge in [-0.2, -0.15) is 0 Å². The first-order valence-corrected chi connectivity index (χ1v) is 6.11. The molecule has 1 aliphatic rings. The van der Waals surface area contributed by atoms with Gasteiger partial charge in [0.05, 0.1) is 0 Å². The van der Waals surface area contributed by atoms with Crippen molar-refractivity contribution in [1.82, 2.24) is 0 Å². The van der Waals surface area contributed by atoms with Crippen LogP contribution in [0.25, 0.3) is 0 Å². The van der Waals surface area contributed by atoms with E-state index >= 15 is 0 Å². The zero-order valence-electron chi connectivity index (χ0n) is 11.6. The van der Waals surface area contributed by atoms with Crippen LogP contribution in [0.5, 0.6) is 0 Å². The fourth-order valence-corrected chi connectivity index (χ4v) is 2.80. The molecule has 0 amide bonds. The molecule has 0 aromatic carbocycles. The van der Waals surface area contributed by atoms with Gasteiger partial charge in [0.15, 0.2) is 0 Å². The highest BCUT2D eigenvalue weighted by molar-refractivity contribution is 5.63. The molecule has 0 bridgehead atoms. The van der Waals surface area contributed by atoms with Crippen LogP contribution in [0.1, 0.15) is 48.0 Å². The van der Waals surface area contributed by atoms with Crippen LogP contribution >= 0.6 is 0 Å². The van der Waals surface area contributed by atoms with E-state index in [9.17, 15) is 0 Å². The summed E-state index contributed by atoms with van der Waals surface area (Å²) < 4.78 is 0. The summed E-state index contributed by atoms with van der Waals surface area (Å²) in [5.41, 5.74) is 7.04. The Hall–Kier alpha value is -1.04. The summed E-state index contributed by atoms with van der Waals surface area (Å²) in [5.74, 6) is 0. The third kappa shape index (κ3) is 1.81. The first kappa shape index (κ1) is 13.0. The topological polar surface area (TPSA) is 0 Å². The van der Waals surface area contributed by atoms with Gasteiger partial charge < -0.3 is 0 Å². The molecule has 0 saturated carbocycles. The zero-order valence-corrected chi connectivity index (χ0v) is 11.6. The Balaban J connectivity index is 3.43. The van der Waals surface area contributed by atoms with Crippen molar-refractivity contribution in [3.8, 4) is 0 Å². The highest BCUT2D eigenvalue weighted by atomic mass is 14.4. The lowest BCUT2D eigenvalue weighted by molar-refractivity contribution is 0.570. The summed E-state index contributed by atoms with van der Waals surface area (Å²) in [6.07, 6.45) is 5.46. The van der Waals surface area contributed by atoms with Crippen LogP contribution in [0, 0.1) is 5.41 Å². The number of hydrogen-bond donors (Lipinski definition) is 0. The second-order valence-corrected chi connectivity index (χ2v) is 5.15. The number of hydrogen-bond acceptors (Lipinski definition) is 0. The van der Waals surface area contributed by atoms with Gasteiger partial charge in [-0.15, -0.1) is 0 Å². The molecule has 16 heavy (non-hydrogen) atoms. The molecule has 0 saturated heterocycles. The quantitative estimate of drug-likeness (QED) is 0.595. The highest BCUT2D eigenvalue weighted by Crippen LogP contribution is 2.51. The van der Waals surface area contributed by atoms with E-state index in [1.54, 1.807) is 0 Å². The maximum absolute atomic E-state index is 4.26. The van der Waals surface area contributed by atoms with Gasteiger partial charge in [-0.05, 0) is 49.5 Å². The molecule has 0 unspecified atom stereocenters. The molecule has 0 N–H and O–H groups in total. The summed E-state index contributed by atoms with van der Waals surface area (Å²) in [5, 5.41) is 0. The second kappa shape index (κ2) is 4.45. The summed E-state index contributed by atoms with van der Waals surface area (Å²) in [4.78, 5) is 0. The maximum Gasteiger partial charge on any atom is 0.0154 e. The van der Waals surface area contributed by atoms with E-state index in [4.69, 9.17) is 0 Å². The molecule has 0 nitrogen and oxygen atoms in total. The van der Waals surface area contributed by atoms with Gasteiger partial charge in [0, 0.05) is 5.41 Å². The average Bonchev–Trinajstić information content (AvgIpc) is 2.38. The molecule has 0 atom stereocenters. The monoisotopic (exact) mass is 216 g/mol. The van der Waals surface area contributed by atoms with Crippen LogP contribution < -0.4 is 0 Å². The Bertz CT molecular complexity index is 398. The fraction of sp³-hybridized carbons (Fsp3) is 0.500. The largest absolute Gasteiger partial charge is 0.0912 e. The fourth-order valence-electron chi connectivity index (χ4n) is 2.80. The molecule has 0 heterocycles. The van der Waals surface area contributed by atoms with Gasteiger partial charge >= 0.3 is 0 Å². The Morgan fingerprint density at radius 1 is 1.38 bits per heavy atom. The minimum atomic E-state index is 0.119. The zero-order chi connectivity index (χ0) is 12.5. The van der Waals surface area contributed by atoms with E-state index < -0.39 is 0 Å². The molecule has 0 fully saturated rings. The molecule has 0 aliphatic heterocycles. The Morgan fingerprint density at radius 2 is 1.94 bits per heavy atom. The van der Waals surface area contributed by atoms with Crippen molar-refractivity contribution in [2.45, 2.75) is 48.0 Å². The number of allylic oxidation sites excluding steroid dienone is 7. The van der Waals surface area contributed by atoms with Crippen LogP contribution in [0.3, 0.4) is 0 Å². The molecule has 0 radical (unpaired) electrons. The predicted octanol–water partition coefficient (Wildman–Crippen LogP) is 5.20. The smallest absolute Gasteiger partial charge is 0.0154 e. The van der Waals surface area contributed by atoms with E-state index in [1.807, 2.05) is 0 Å². The van der Waals surface area contributed by atoms with Crippen molar-refractivity contribution in [1.29, 1.82) is 0 Å². The predicted molar refractivity (Wildman–Crippen MR) is 73.4 cm³/mol. The lowest BCUT2D eigenvalue weighted by Gasteiger charge is -2.25. The molecular formula is C16H24. The molecule has 1 aliphatic carbocycles. The minimum absolute atomic E-state index is 0.119. The SMILES string of the molecule is C=C1C(C)=C(/C=C\C)C(C)(C)/C1=C(\C)CC. The lowest BCUT2D eigenvalue weighted by atomic mass is 9.78. The molecule has 0 aromatic rings. The van der Waals surface area contributed by atoms with E-state index in [0.29, 0.717) is 0 Å². The first-order chi connectivity index (χ1) is 7.37. The highest BCUT2D eigenvalue weighted by Gasteiger charge is 2.37. The van der Waals surface area contributed by atoms with Crippen molar-refractivity contribution in [2.75, 3.05) is 0 Å². The Kier molecular flexibility index (Phi) is 3.62. The standard InChI is InChI=1S/C16H24/c1-8-10-14-12(4)13(5)15(11(3)9-2)16(14,6)7/h8,10H,5,9H2,1-4,6-7H3/b10-8-,15-11+. The normalized spacial score (nSPS) is 23.5. The van der Waals surface area contributed by atoms with Gasteiger partial charge in [-0.1, -0.05) is 45.1 Å². The summed E-state index contributed by atoms with van der Waals surface area (Å²) in [6.45, 7) is 17.6. The molecule has 88 valence electrons. The maximum atomic E-state index is 4.26. The summed E-state index contributed by atoms with van der Waals surface area (Å²) >= 11 is 0. The van der Waals surface area contributed by atoms with Crippen LogP contribution in [-0.2, 0) is 0 Å². The van der Waals surface area contributed by atoms with Crippen molar-refractivity contribution >= 4 is 0 Å². The molecule has 1 rings (SSSR count). The van der Waals surface area contributed by atoms with E-state index in [1.165, 1.54) is 27.9 Å². The van der Waals surface area contributed by atoms with Gasteiger partial charge in [-0.25, -0.2) is 0 Å². The van der Waals surface area contributed by atoms with E-state index in [2.05, 4.69) is 60.3 Å². The first-order valence-electron chi connectivity index (χ1n) is 6.11. The second-order valence-electron chi connectivity index (χ2n) is 5.15. The van der Waals surface area contributed by atoms with Crippen molar-refractivity contribution < 1.29 is 0 Å². The van der Waals surface area contributed by atoms with Crippen LogP contribution in [-0.4, -0.2) is 0 Å². The van der Waals surface area contributed by atoms with E-state index in [-0.39, 0.29) is 5.41 Å².